The van der Waals surface area contributed by atoms with Crippen LogP contribution in [0.3, 0.4) is 0 Å². The highest BCUT2D eigenvalue weighted by atomic mass is 35.5. The number of aromatic nitrogens is 2. The van der Waals surface area contributed by atoms with Crippen molar-refractivity contribution in [3.05, 3.63) is 46.7 Å². The molecule has 6 nitrogen and oxygen atoms in total. The van der Waals surface area contributed by atoms with E-state index in [4.69, 9.17) is 23.8 Å². The van der Waals surface area contributed by atoms with E-state index in [-0.39, 0.29) is 22.9 Å². The van der Waals surface area contributed by atoms with Crippen LogP contribution < -0.4 is 5.32 Å². The molecule has 1 N–H and O–H groups in total. The Morgan fingerprint density at radius 2 is 2.03 bits per heavy atom. The van der Waals surface area contributed by atoms with Crippen molar-refractivity contribution in [1.29, 1.82) is 0 Å². The number of nitrogens with one attached hydrogen (secondary N) is 1. The van der Waals surface area contributed by atoms with Crippen molar-refractivity contribution < 1.29 is 8.42 Å². The summed E-state index contributed by atoms with van der Waals surface area (Å²) < 4.78 is 28.3. The summed E-state index contributed by atoms with van der Waals surface area (Å²) in [4.78, 5) is 6.45. The van der Waals surface area contributed by atoms with E-state index in [1.165, 1.54) is 0 Å². The molecule has 1 aliphatic carbocycles. The van der Waals surface area contributed by atoms with Crippen molar-refractivity contribution in [3.8, 4) is 0 Å². The SMILES string of the molecule is CC(C)Cn1c(CN(C(=S)NC2CC2)C(C)C)cnc1S(=O)(=O)Cc1cccc(Cl)c1. The molecule has 0 spiro atoms. The van der Waals surface area contributed by atoms with Crippen LogP contribution in [-0.2, 0) is 28.7 Å². The standard InChI is InChI=1S/C22H31ClN4O2S2/c1-15(2)12-27-20(13-26(16(3)4)21(30)25-19-8-9-19)11-24-22(27)31(28,29)14-17-6-5-7-18(23)10-17/h5-7,10-11,15-16,19H,8-9,12-14H2,1-4H3,(H,25,30). The summed E-state index contributed by atoms with van der Waals surface area (Å²) in [5, 5.41) is 4.71. The maximum atomic E-state index is 13.3. The number of halogens is 1. The Bertz CT molecular complexity index is 1030. The number of imidazole rings is 1. The van der Waals surface area contributed by atoms with Crippen molar-refractivity contribution in [2.24, 2.45) is 5.92 Å². The van der Waals surface area contributed by atoms with Crippen LogP contribution in [-0.4, -0.2) is 40.1 Å². The lowest BCUT2D eigenvalue weighted by Gasteiger charge is -2.30. The zero-order valence-corrected chi connectivity index (χ0v) is 20.9. The number of hydrogen-bond acceptors (Lipinski definition) is 4. The average molecular weight is 483 g/mol. The molecule has 1 aromatic carbocycles. The van der Waals surface area contributed by atoms with Crippen LogP contribution in [0.1, 0.15) is 51.8 Å². The lowest BCUT2D eigenvalue weighted by Crippen LogP contribution is -2.44. The molecule has 0 atom stereocenters. The Morgan fingerprint density at radius 3 is 2.61 bits per heavy atom. The lowest BCUT2D eigenvalue weighted by atomic mass is 10.2. The molecule has 2 aromatic rings. The van der Waals surface area contributed by atoms with Crippen LogP contribution in [0.15, 0.2) is 35.6 Å². The molecule has 1 heterocycles. The number of sulfone groups is 1. The fourth-order valence-corrected chi connectivity index (χ4v) is 5.53. The number of benzene rings is 1. The summed E-state index contributed by atoms with van der Waals surface area (Å²) in [5.74, 6) is 0.120. The van der Waals surface area contributed by atoms with Crippen LogP contribution >= 0.6 is 23.8 Å². The Hall–Kier alpha value is -1.64. The van der Waals surface area contributed by atoms with Gasteiger partial charge in [0.15, 0.2) is 5.11 Å². The Morgan fingerprint density at radius 1 is 1.32 bits per heavy atom. The molecule has 1 aliphatic rings. The predicted octanol–water partition coefficient (Wildman–Crippen LogP) is 4.41. The first-order chi connectivity index (χ1) is 14.6. The lowest BCUT2D eigenvalue weighted by molar-refractivity contribution is 0.322. The van der Waals surface area contributed by atoms with Gasteiger partial charge in [0.25, 0.3) is 0 Å². The molecule has 1 aromatic heterocycles. The van der Waals surface area contributed by atoms with Gasteiger partial charge in [0.05, 0.1) is 24.2 Å². The van der Waals surface area contributed by atoms with E-state index in [9.17, 15) is 8.42 Å². The first kappa shape index (κ1) is 24.0. The third-order valence-corrected chi connectivity index (χ3v) is 7.28. The molecule has 31 heavy (non-hydrogen) atoms. The van der Waals surface area contributed by atoms with Gasteiger partial charge in [-0.1, -0.05) is 37.6 Å². The highest BCUT2D eigenvalue weighted by molar-refractivity contribution is 7.90. The van der Waals surface area contributed by atoms with Crippen LogP contribution in [0.2, 0.25) is 5.02 Å². The largest absolute Gasteiger partial charge is 0.360 e. The Labute approximate surface area is 195 Å². The summed E-state index contributed by atoms with van der Waals surface area (Å²) in [5.41, 5.74) is 1.48. The van der Waals surface area contributed by atoms with E-state index in [2.05, 4.69) is 42.9 Å². The fraction of sp³-hybridized carbons (Fsp3) is 0.545. The second kappa shape index (κ2) is 9.88. The molecule has 1 saturated carbocycles. The van der Waals surface area contributed by atoms with E-state index in [1.807, 2.05) is 4.57 Å². The van der Waals surface area contributed by atoms with Gasteiger partial charge in [-0.15, -0.1) is 0 Å². The molecule has 0 unspecified atom stereocenters. The van der Waals surface area contributed by atoms with E-state index in [0.717, 1.165) is 18.5 Å². The summed E-state index contributed by atoms with van der Waals surface area (Å²) in [6.45, 7) is 9.37. The van der Waals surface area contributed by atoms with Gasteiger partial charge in [0, 0.05) is 23.7 Å². The first-order valence-corrected chi connectivity index (χ1v) is 13.1. The van der Waals surface area contributed by atoms with Crippen molar-refractivity contribution >= 4 is 38.8 Å². The molecule has 0 aliphatic heterocycles. The molecular formula is C22H31ClN4O2S2. The quantitative estimate of drug-likeness (QED) is 0.534. The van der Waals surface area contributed by atoms with Gasteiger partial charge in [-0.25, -0.2) is 13.4 Å². The predicted molar refractivity (Wildman–Crippen MR) is 129 cm³/mol. The normalized spacial score (nSPS) is 14.3. The van der Waals surface area contributed by atoms with E-state index >= 15 is 0 Å². The minimum atomic E-state index is -3.64. The van der Waals surface area contributed by atoms with Crippen LogP contribution in [0, 0.1) is 5.92 Å². The summed E-state index contributed by atoms with van der Waals surface area (Å²) in [6.07, 6.45) is 3.95. The molecule has 3 rings (SSSR count). The smallest absolute Gasteiger partial charge is 0.228 e. The molecule has 9 heteroatoms. The topological polar surface area (TPSA) is 67.2 Å². The molecule has 0 bridgehead atoms. The number of rotatable bonds is 9. The monoisotopic (exact) mass is 482 g/mol. The molecule has 1 fully saturated rings. The van der Waals surface area contributed by atoms with Crippen molar-refractivity contribution in [2.45, 2.75) is 76.6 Å². The molecule has 0 saturated heterocycles. The number of thiocarbonyl (C=S) groups is 1. The number of hydrogen-bond donors (Lipinski definition) is 1. The Kier molecular flexibility index (Phi) is 7.65. The van der Waals surface area contributed by atoms with E-state index in [1.54, 1.807) is 30.5 Å². The minimum Gasteiger partial charge on any atom is -0.360 e. The van der Waals surface area contributed by atoms with Crippen LogP contribution in [0.4, 0.5) is 0 Å². The van der Waals surface area contributed by atoms with Gasteiger partial charge in [0.2, 0.25) is 15.0 Å². The molecular weight excluding hydrogens is 452 g/mol. The number of nitrogens with zero attached hydrogens (tertiary/aromatic N) is 3. The van der Waals surface area contributed by atoms with Gasteiger partial charge >= 0.3 is 0 Å². The van der Waals surface area contributed by atoms with Gasteiger partial charge in [-0.05, 0) is 62.5 Å². The maximum Gasteiger partial charge on any atom is 0.228 e. The second-order valence-corrected chi connectivity index (χ2v) is 11.6. The summed E-state index contributed by atoms with van der Waals surface area (Å²) in [7, 11) is -3.64. The van der Waals surface area contributed by atoms with E-state index < -0.39 is 9.84 Å². The average Bonchev–Trinajstić information content (AvgIpc) is 3.37. The van der Waals surface area contributed by atoms with Crippen molar-refractivity contribution in [3.63, 3.8) is 0 Å². The fourth-order valence-electron chi connectivity index (χ4n) is 3.39. The third-order valence-electron chi connectivity index (χ3n) is 5.09. The van der Waals surface area contributed by atoms with Crippen molar-refractivity contribution in [1.82, 2.24) is 19.8 Å². The molecule has 170 valence electrons. The third kappa shape index (κ3) is 6.43. The second-order valence-electron chi connectivity index (χ2n) is 8.87. The van der Waals surface area contributed by atoms with Gasteiger partial charge in [-0.3, -0.25) is 0 Å². The molecule has 0 radical (unpaired) electrons. The summed E-state index contributed by atoms with van der Waals surface area (Å²) >= 11 is 11.7. The Balaban J connectivity index is 1.90. The highest BCUT2D eigenvalue weighted by Gasteiger charge is 2.28. The van der Waals surface area contributed by atoms with Gasteiger partial charge in [0.1, 0.15) is 0 Å². The zero-order valence-electron chi connectivity index (χ0n) is 18.5. The highest BCUT2D eigenvalue weighted by Crippen LogP contribution is 2.23. The summed E-state index contributed by atoms with van der Waals surface area (Å²) in [6, 6.07) is 7.57. The van der Waals surface area contributed by atoms with Crippen LogP contribution in [0.25, 0.3) is 0 Å². The van der Waals surface area contributed by atoms with E-state index in [0.29, 0.717) is 34.8 Å². The minimum absolute atomic E-state index is 0.0981. The maximum absolute atomic E-state index is 13.3. The van der Waals surface area contributed by atoms with Crippen LogP contribution in [0.5, 0.6) is 0 Å². The van der Waals surface area contributed by atoms with Gasteiger partial charge < -0.3 is 14.8 Å². The zero-order chi connectivity index (χ0) is 22.8. The first-order valence-electron chi connectivity index (χ1n) is 10.7. The van der Waals surface area contributed by atoms with Gasteiger partial charge in [-0.2, -0.15) is 0 Å². The van der Waals surface area contributed by atoms with Crippen molar-refractivity contribution in [2.75, 3.05) is 0 Å². The molecule has 0 amide bonds.